The molecule has 2 aromatic carbocycles. The van der Waals surface area contributed by atoms with E-state index in [0.29, 0.717) is 5.56 Å². The number of rotatable bonds is 6. The van der Waals surface area contributed by atoms with Crippen molar-refractivity contribution >= 4 is 11.4 Å². The lowest BCUT2D eigenvalue weighted by atomic mass is 10.0. The van der Waals surface area contributed by atoms with Gasteiger partial charge in [0, 0.05) is 37.0 Å². The minimum Gasteiger partial charge on any atom is -0.383 e. The summed E-state index contributed by atoms with van der Waals surface area (Å²) >= 11 is 0. The van der Waals surface area contributed by atoms with Crippen LogP contribution in [-0.2, 0) is 4.74 Å². The molecule has 1 aliphatic heterocycles. The molecule has 1 saturated heterocycles. The predicted molar refractivity (Wildman–Crippen MR) is 103 cm³/mol. The van der Waals surface area contributed by atoms with Gasteiger partial charge in [-0.15, -0.1) is 0 Å². The molecule has 0 radical (unpaired) electrons. The van der Waals surface area contributed by atoms with E-state index in [1.165, 1.54) is 11.1 Å². The first-order valence-corrected chi connectivity index (χ1v) is 8.92. The van der Waals surface area contributed by atoms with Gasteiger partial charge in [0.15, 0.2) is 0 Å². The molecule has 1 fully saturated rings. The average Bonchev–Trinajstić information content (AvgIpc) is 2.64. The maximum Gasteiger partial charge on any atom is 0.272 e. The smallest absolute Gasteiger partial charge is 0.272 e. The number of nitrogens with zero attached hydrogens (tertiary/aromatic N) is 2. The molecule has 1 aliphatic rings. The predicted octanol–water partition coefficient (Wildman–Crippen LogP) is 3.70. The van der Waals surface area contributed by atoms with E-state index in [0.717, 1.165) is 38.5 Å². The van der Waals surface area contributed by atoms with Crippen LogP contribution in [0.25, 0.3) is 0 Å². The fraction of sp³-hybridized carbons (Fsp3) is 0.400. The summed E-state index contributed by atoms with van der Waals surface area (Å²) in [6, 6.07) is 14.0. The van der Waals surface area contributed by atoms with Crippen LogP contribution in [0.1, 0.15) is 22.7 Å². The number of aryl methyl sites for hydroxylation is 2. The molecule has 1 N–H and O–H groups in total. The molecular weight excluding hydrogens is 330 g/mol. The number of anilines is 1. The van der Waals surface area contributed by atoms with Gasteiger partial charge in [-0.1, -0.05) is 29.8 Å². The lowest BCUT2D eigenvalue weighted by Crippen LogP contribution is -2.41. The highest BCUT2D eigenvalue weighted by Crippen LogP contribution is 2.25. The summed E-state index contributed by atoms with van der Waals surface area (Å²) in [5.41, 5.74) is 4.23. The molecule has 1 atom stereocenters. The van der Waals surface area contributed by atoms with Gasteiger partial charge in [-0.3, -0.25) is 15.0 Å². The minimum atomic E-state index is -0.345. The van der Waals surface area contributed by atoms with Gasteiger partial charge in [0.05, 0.1) is 24.2 Å². The lowest BCUT2D eigenvalue weighted by Gasteiger charge is -2.35. The van der Waals surface area contributed by atoms with Crippen molar-refractivity contribution in [3.63, 3.8) is 0 Å². The number of ether oxygens (including phenoxy) is 1. The first kappa shape index (κ1) is 18.4. The van der Waals surface area contributed by atoms with Gasteiger partial charge in [-0.05, 0) is 31.5 Å². The lowest BCUT2D eigenvalue weighted by molar-refractivity contribution is -0.385. The van der Waals surface area contributed by atoms with Crippen molar-refractivity contribution in [3.05, 3.63) is 69.3 Å². The second kappa shape index (κ2) is 8.29. The zero-order valence-corrected chi connectivity index (χ0v) is 15.3. The number of benzene rings is 2. The van der Waals surface area contributed by atoms with E-state index >= 15 is 0 Å². The number of nitro benzene ring substituents is 1. The van der Waals surface area contributed by atoms with Crippen molar-refractivity contribution in [3.8, 4) is 0 Å². The molecule has 138 valence electrons. The van der Waals surface area contributed by atoms with Gasteiger partial charge in [0.2, 0.25) is 0 Å². The van der Waals surface area contributed by atoms with Crippen molar-refractivity contribution in [1.82, 2.24) is 4.90 Å². The molecule has 0 spiro atoms. The van der Waals surface area contributed by atoms with Crippen molar-refractivity contribution in [2.75, 3.05) is 38.2 Å². The van der Waals surface area contributed by atoms with Gasteiger partial charge < -0.3 is 10.1 Å². The van der Waals surface area contributed by atoms with Gasteiger partial charge in [-0.2, -0.15) is 0 Å². The molecule has 1 unspecified atom stereocenters. The largest absolute Gasteiger partial charge is 0.383 e. The van der Waals surface area contributed by atoms with Crippen LogP contribution in [0.15, 0.2) is 42.5 Å². The summed E-state index contributed by atoms with van der Waals surface area (Å²) in [7, 11) is 0. The summed E-state index contributed by atoms with van der Waals surface area (Å²) in [4.78, 5) is 13.1. The highest BCUT2D eigenvalue weighted by atomic mass is 16.6. The van der Waals surface area contributed by atoms with Crippen LogP contribution < -0.4 is 5.32 Å². The summed E-state index contributed by atoms with van der Waals surface area (Å²) in [6.07, 6.45) is 0. The Morgan fingerprint density at radius 2 is 1.85 bits per heavy atom. The van der Waals surface area contributed by atoms with E-state index in [1.54, 1.807) is 19.1 Å². The summed E-state index contributed by atoms with van der Waals surface area (Å²) in [5, 5.41) is 14.4. The van der Waals surface area contributed by atoms with E-state index in [1.807, 2.05) is 6.07 Å². The van der Waals surface area contributed by atoms with Crippen LogP contribution in [-0.4, -0.2) is 42.7 Å². The molecule has 26 heavy (non-hydrogen) atoms. The molecule has 0 amide bonds. The first-order valence-electron chi connectivity index (χ1n) is 8.92. The highest BCUT2D eigenvalue weighted by Gasteiger charge is 2.22. The monoisotopic (exact) mass is 355 g/mol. The van der Waals surface area contributed by atoms with E-state index in [9.17, 15) is 10.1 Å². The van der Waals surface area contributed by atoms with E-state index < -0.39 is 0 Å². The maximum absolute atomic E-state index is 11.0. The summed E-state index contributed by atoms with van der Waals surface area (Å²) in [6.45, 7) is 7.89. The molecule has 0 aliphatic carbocycles. The molecule has 2 aromatic rings. The Morgan fingerprint density at radius 3 is 2.46 bits per heavy atom. The molecule has 1 heterocycles. The Labute approximate surface area is 153 Å². The van der Waals surface area contributed by atoms with Crippen molar-refractivity contribution in [1.29, 1.82) is 0 Å². The van der Waals surface area contributed by atoms with Gasteiger partial charge >= 0.3 is 0 Å². The first-order chi connectivity index (χ1) is 12.5. The van der Waals surface area contributed by atoms with Gasteiger partial charge in [-0.25, -0.2) is 0 Å². The molecule has 0 aromatic heterocycles. The van der Waals surface area contributed by atoms with Gasteiger partial charge in [0.25, 0.3) is 5.69 Å². The minimum absolute atomic E-state index is 0.152. The fourth-order valence-electron chi connectivity index (χ4n) is 3.32. The third kappa shape index (κ3) is 4.39. The molecule has 0 saturated carbocycles. The van der Waals surface area contributed by atoms with E-state index in [4.69, 9.17) is 4.74 Å². The van der Waals surface area contributed by atoms with Crippen LogP contribution in [0.4, 0.5) is 11.4 Å². The SMILES string of the molecule is Cc1ccc(C(CNc2ccc([N+](=O)[O-])c(C)c2)N2CCOCC2)cc1. The van der Waals surface area contributed by atoms with Crippen LogP contribution in [0, 0.1) is 24.0 Å². The van der Waals surface area contributed by atoms with Crippen LogP contribution >= 0.6 is 0 Å². The van der Waals surface area contributed by atoms with E-state index in [-0.39, 0.29) is 16.7 Å². The van der Waals surface area contributed by atoms with Gasteiger partial charge in [0.1, 0.15) is 0 Å². The Balaban J connectivity index is 1.76. The van der Waals surface area contributed by atoms with Crippen molar-refractivity contribution < 1.29 is 9.66 Å². The Kier molecular flexibility index (Phi) is 5.85. The Morgan fingerprint density at radius 1 is 1.15 bits per heavy atom. The third-order valence-electron chi connectivity index (χ3n) is 4.84. The summed E-state index contributed by atoms with van der Waals surface area (Å²) in [5.74, 6) is 0. The van der Waals surface area contributed by atoms with Crippen LogP contribution in [0.3, 0.4) is 0 Å². The van der Waals surface area contributed by atoms with E-state index in [2.05, 4.69) is 41.4 Å². The third-order valence-corrected chi connectivity index (χ3v) is 4.84. The van der Waals surface area contributed by atoms with Crippen molar-refractivity contribution in [2.45, 2.75) is 19.9 Å². The number of morpholine rings is 1. The topological polar surface area (TPSA) is 67.6 Å². The Bertz CT molecular complexity index is 755. The molecular formula is C20H25N3O3. The Hall–Kier alpha value is -2.44. The fourth-order valence-corrected chi connectivity index (χ4v) is 3.32. The quantitative estimate of drug-likeness (QED) is 0.632. The summed E-state index contributed by atoms with van der Waals surface area (Å²) < 4.78 is 5.49. The molecule has 6 heteroatoms. The maximum atomic E-state index is 11.0. The number of nitrogens with one attached hydrogen (secondary N) is 1. The molecule has 3 rings (SSSR count). The highest BCUT2D eigenvalue weighted by molar-refractivity contribution is 5.53. The number of hydrogen-bond donors (Lipinski definition) is 1. The number of hydrogen-bond acceptors (Lipinski definition) is 5. The zero-order valence-electron chi connectivity index (χ0n) is 15.3. The second-order valence-electron chi connectivity index (χ2n) is 6.71. The second-order valence-corrected chi connectivity index (χ2v) is 6.71. The normalized spacial score (nSPS) is 16.2. The van der Waals surface area contributed by atoms with Crippen molar-refractivity contribution in [2.24, 2.45) is 0 Å². The molecule has 6 nitrogen and oxygen atoms in total. The van der Waals surface area contributed by atoms with Crippen LogP contribution in [0.2, 0.25) is 0 Å². The van der Waals surface area contributed by atoms with Crippen LogP contribution in [0.5, 0.6) is 0 Å². The standard InChI is InChI=1S/C20H25N3O3/c1-15-3-5-17(6-4-15)20(22-9-11-26-12-10-22)14-21-18-7-8-19(23(24)25)16(2)13-18/h3-8,13,20-21H,9-12,14H2,1-2H3. The average molecular weight is 355 g/mol. The molecule has 0 bridgehead atoms. The zero-order chi connectivity index (χ0) is 18.5. The number of nitro groups is 1.